The molecule has 1 saturated heterocycles. The SMILES string of the molecule is CC1(C)CC(NC(=O)NCc2ccnc(N3CCCC3)c2)c2ccccc21. The fourth-order valence-corrected chi connectivity index (χ4v) is 4.36. The number of fused-ring (bicyclic) bond motifs is 1. The fraction of sp³-hybridized carbons (Fsp3) is 0.455. The molecule has 2 N–H and O–H groups in total. The maximum Gasteiger partial charge on any atom is 0.315 e. The fourth-order valence-electron chi connectivity index (χ4n) is 4.36. The van der Waals surface area contributed by atoms with E-state index in [1.54, 1.807) is 0 Å². The lowest BCUT2D eigenvalue weighted by atomic mass is 9.86. The lowest BCUT2D eigenvalue weighted by molar-refractivity contribution is 0.235. The van der Waals surface area contributed by atoms with Crippen LogP contribution in [0.4, 0.5) is 10.6 Å². The first-order valence-corrected chi connectivity index (χ1v) is 9.86. The highest BCUT2D eigenvalue weighted by Gasteiger charge is 2.37. The van der Waals surface area contributed by atoms with E-state index >= 15 is 0 Å². The third-order valence-corrected chi connectivity index (χ3v) is 5.78. The Balaban J connectivity index is 1.36. The standard InChI is InChI=1S/C22H28N4O/c1-22(2)14-19(17-7-3-4-8-18(17)22)25-21(27)24-15-16-9-10-23-20(13-16)26-11-5-6-12-26/h3-4,7-10,13,19H,5-6,11-12,14-15H2,1-2H3,(H2,24,25,27). The predicted molar refractivity (Wildman–Crippen MR) is 108 cm³/mol. The Morgan fingerprint density at radius 2 is 2.00 bits per heavy atom. The van der Waals surface area contributed by atoms with Gasteiger partial charge in [0.25, 0.3) is 0 Å². The van der Waals surface area contributed by atoms with E-state index in [1.165, 1.54) is 24.0 Å². The molecule has 1 aliphatic carbocycles. The van der Waals surface area contributed by atoms with E-state index in [4.69, 9.17) is 0 Å². The number of benzene rings is 1. The van der Waals surface area contributed by atoms with Crippen LogP contribution < -0.4 is 15.5 Å². The first kappa shape index (κ1) is 17.8. The summed E-state index contributed by atoms with van der Waals surface area (Å²) < 4.78 is 0. The van der Waals surface area contributed by atoms with E-state index in [2.05, 4.69) is 58.6 Å². The van der Waals surface area contributed by atoms with Crippen molar-refractivity contribution in [3.63, 3.8) is 0 Å². The molecule has 1 aromatic heterocycles. The maximum absolute atomic E-state index is 12.5. The van der Waals surface area contributed by atoms with Crippen molar-refractivity contribution in [2.24, 2.45) is 0 Å². The highest BCUT2D eigenvalue weighted by molar-refractivity contribution is 5.74. The van der Waals surface area contributed by atoms with Crippen LogP contribution in [0.25, 0.3) is 0 Å². The van der Waals surface area contributed by atoms with Gasteiger partial charge in [-0.05, 0) is 53.5 Å². The summed E-state index contributed by atoms with van der Waals surface area (Å²) in [5, 5.41) is 6.16. The van der Waals surface area contributed by atoms with Gasteiger partial charge in [0.1, 0.15) is 5.82 Å². The van der Waals surface area contributed by atoms with Gasteiger partial charge in [-0.2, -0.15) is 0 Å². The summed E-state index contributed by atoms with van der Waals surface area (Å²) >= 11 is 0. The van der Waals surface area contributed by atoms with Gasteiger partial charge >= 0.3 is 6.03 Å². The number of anilines is 1. The summed E-state index contributed by atoms with van der Waals surface area (Å²) in [5.41, 5.74) is 3.73. The molecule has 1 aliphatic heterocycles. The van der Waals surface area contributed by atoms with E-state index in [0.29, 0.717) is 6.54 Å². The number of carbonyl (C=O) groups excluding carboxylic acids is 1. The molecule has 1 unspecified atom stereocenters. The Morgan fingerprint density at radius 3 is 2.81 bits per heavy atom. The summed E-state index contributed by atoms with van der Waals surface area (Å²) in [7, 11) is 0. The monoisotopic (exact) mass is 364 g/mol. The van der Waals surface area contributed by atoms with Crippen molar-refractivity contribution in [1.82, 2.24) is 15.6 Å². The van der Waals surface area contributed by atoms with Crippen LogP contribution in [-0.2, 0) is 12.0 Å². The summed E-state index contributed by atoms with van der Waals surface area (Å²) in [6.07, 6.45) is 5.21. The molecule has 2 aliphatic rings. The third kappa shape index (κ3) is 3.77. The van der Waals surface area contributed by atoms with Gasteiger partial charge in [-0.3, -0.25) is 0 Å². The van der Waals surface area contributed by atoms with Gasteiger partial charge in [-0.25, -0.2) is 9.78 Å². The van der Waals surface area contributed by atoms with E-state index in [9.17, 15) is 4.79 Å². The lowest BCUT2D eigenvalue weighted by Crippen LogP contribution is -2.37. The number of urea groups is 1. The van der Waals surface area contributed by atoms with Gasteiger partial charge in [0.05, 0.1) is 6.04 Å². The Kier molecular flexibility index (Phi) is 4.77. The van der Waals surface area contributed by atoms with Crippen molar-refractivity contribution < 1.29 is 4.79 Å². The first-order chi connectivity index (χ1) is 13.0. The second-order valence-electron chi connectivity index (χ2n) is 8.27. The number of carbonyl (C=O) groups is 1. The minimum atomic E-state index is -0.118. The quantitative estimate of drug-likeness (QED) is 0.865. The number of pyridine rings is 1. The number of rotatable bonds is 4. The minimum Gasteiger partial charge on any atom is -0.357 e. The normalized spacial score (nSPS) is 20.4. The van der Waals surface area contributed by atoms with E-state index in [0.717, 1.165) is 30.9 Å². The van der Waals surface area contributed by atoms with E-state index in [1.807, 2.05) is 18.3 Å². The zero-order chi connectivity index (χ0) is 18.9. The molecular formula is C22H28N4O. The van der Waals surface area contributed by atoms with Gasteiger partial charge in [0, 0.05) is 25.8 Å². The predicted octanol–water partition coefficient (Wildman–Crippen LogP) is 3.90. The molecule has 27 heavy (non-hydrogen) atoms. The molecule has 1 fully saturated rings. The zero-order valence-electron chi connectivity index (χ0n) is 16.2. The number of aromatic nitrogens is 1. The summed E-state index contributed by atoms with van der Waals surface area (Å²) in [5.74, 6) is 1.01. The summed E-state index contributed by atoms with van der Waals surface area (Å²) in [6.45, 7) is 7.12. The Hall–Kier alpha value is -2.56. The molecule has 2 heterocycles. The van der Waals surface area contributed by atoms with Crippen molar-refractivity contribution in [1.29, 1.82) is 0 Å². The molecular weight excluding hydrogens is 336 g/mol. The molecule has 2 aromatic rings. The molecule has 142 valence electrons. The molecule has 5 heteroatoms. The van der Waals surface area contributed by atoms with Gasteiger partial charge in [0.2, 0.25) is 0 Å². The number of nitrogens with zero attached hydrogens (tertiary/aromatic N) is 2. The topological polar surface area (TPSA) is 57.3 Å². The van der Waals surface area contributed by atoms with Gasteiger partial charge in [-0.15, -0.1) is 0 Å². The molecule has 2 amide bonds. The van der Waals surface area contributed by atoms with Crippen LogP contribution in [0.3, 0.4) is 0 Å². The van der Waals surface area contributed by atoms with E-state index < -0.39 is 0 Å². The number of nitrogens with one attached hydrogen (secondary N) is 2. The molecule has 0 spiro atoms. The van der Waals surface area contributed by atoms with Crippen molar-refractivity contribution >= 4 is 11.8 Å². The molecule has 1 atom stereocenters. The lowest BCUT2D eigenvalue weighted by Gasteiger charge is -2.20. The van der Waals surface area contributed by atoms with Crippen molar-refractivity contribution in [2.45, 2.75) is 51.1 Å². The Morgan fingerprint density at radius 1 is 1.22 bits per heavy atom. The smallest absolute Gasteiger partial charge is 0.315 e. The number of hydrogen-bond acceptors (Lipinski definition) is 3. The second-order valence-corrected chi connectivity index (χ2v) is 8.27. The summed E-state index contributed by atoms with van der Waals surface area (Å²) in [4.78, 5) is 19.3. The van der Waals surface area contributed by atoms with Crippen molar-refractivity contribution in [2.75, 3.05) is 18.0 Å². The van der Waals surface area contributed by atoms with Gasteiger partial charge < -0.3 is 15.5 Å². The van der Waals surface area contributed by atoms with Crippen LogP contribution in [0.5, 0.6) is 0 Å². The van der Waals surface area contributed by atoms with Crippen LogP contribution in [0.15, 0.2) is 42.6 Å². The molecule has 0 radical (unpaired) electrons. The summed E-state index contributed by atoms with van der Waals surface area (Å²) in [6, 6.07) is 12.4. The molecule has 0 bridgehead atoms. The van der Waals surface area contributed by atoms with Crippen LogP contribution in [0.1, 0.15) is 55.8 Å². The van der Waals surface area contributed by atoms with Crippen LogP contribution in [0.2, 0.25) is 0 Å². The van der Waals surface area contributed by atoms with Crippen LogP contribution in [0, 0.1) is 0 Å². The van der Waals surface area contributed by atoms with Crippen LogP contribution >= 0.6 is 0 Å². The first-order valence-electron chi connectivity index (χ1n) is 9.86. The highest BCUT2D eigenvalue weighted by Crippen LogP contribution is 2.44. The van der Waals surface area contributed by atoms with Crippen LogP contribution in [-0.4, -0.2) is 24.1 Å². The van der Waals surface area contributed by atoms with Crippen molar-refractivity contribution in [3.05, 3.63) is 59.3 Å². The second kappa shape index (κ2) is 7.22. The highest BCUT2D eigenvalue weighted by atomic mass is 16.2. The molecule has 4 rings (SSSR count). The number of hydrogen-bond donors (Lipinski definition) is 2. The number of amides is 2. The molecule has 5 nitrogen and oxygen atoms in total. The van der Waals surface area contributed by atoms with Gasteiger partial charge in [-0.1, -0.05) is 38.1 Å². The average Bonchev–Trinajstić information content (AvgIpc) is 3.28. The Bertz CT molecular complexity index is 827. The Labute approximate surface area is 161 Å². The molecule has 0 saturated carbocycles. The third-order valence-electron chi connectivity index (χ3n) is 5.78. The maximum atomic E-state index is 12.5. The largest absolute Gasteiger partial charge is 0.357 e. The average molecular weight is 364 g/mol. The van der Waals surface area contributed by atoms with Gasteiger partial charge in [0.15, 0.2) is 0 Å². The van der Waals surface area contributed by atoms with Crippen molar-refractivity contribution in [3.8, 4) is 0 Å². The molecule has 1 aromatic carbocycles. The zero-order valence-corrected chi connectivity index (χ0v) is 16.2. The minimum absolute atomic E-state index is 0.0637. The van der Waals surface area contributed by atoms with E-state index in [-0.39, 0.29) is 17.5 Å².